The van der Waals surface area contributed by atoms with Gasteiger partial charge >= 0.3 is 0 Å². The third-order valence-corrected chi connectivity index (χ3v) is 2.58. The summed E-state index contributed by atoms with van der Waals surface area (Å²) in [5, 5.41) is 3.14. The summed E-state index contributed by atoms with van der Waals surface area (Å²) in [7, 11) is 4.07. The molecule has 0 unspecified atom stereocenters. The Morgan fingerprint density at radius 2 is 1.88 bits per heavy atom. The van der Waals surface area contributed by atoms with Crippen molar-refractivity contribution in [2.24, 2.45) is 0 Å². The molecule has 0 saturated heterocycles. The number of hydrogen-bond donors (Lipinski definition) is 1. The van der Waals surface area contributed by atoms with Gasteiger partial charge in [0.25, 0.3) is 0 Å². The second kappa shape index (κ2) is 7.36. The fraction of sp³-hybridized carbons (Fsp3) is 0.538. The van der Waals surface area contributed by atoms with Crippen LogP contribution in [0.15, 0.2) is 24.3 Å². The second-order valence-corrected chi connectivity index (χ2v) is 4.17. The number of halogens is 1. The van der Waals surface area contributed by atoms with Gasteiger partial charge in [-0.2, -0.15) is 0 Å². The average Bonchev–Trinajstić information content (AvgIpc) is 2.28. The van der Waals surface area contributed by atoms with Gasteiger partial charge in [0.15, 0.2) is 0 Å². The van der Waals surface area contributed by atoms with Crippen molar-refractivity contribution in [3.63, 3.8) is 0 Å². The Morgan fingerprint density at radius 1 is 1.19 bits per heavy atom. The van der Waals surface area contributed by atoms with Crippen LogP contribution in [0.25, 0.3) is 0 Å². The van der Waals surface area contributed by atoms with Crippen LogP contribution in [0.5, 0.6) is 0 Å². The Kier molecular flexibility index (Phi) is 6.04. The van der Waals surface area contributed by atoms with Gasteiger partial charge in [0.1, 0.15) is 5.82 Å². The third-order valence-electron chi connectivity index (χ3n) is 2.58. The van der Waals surface area contributed by atoms with E-state index in [1.807, 2.05) is 19.2 Å². The number of nitrogens with one attached hydrogen (secondary N) is 1. The van der Waals surface area contributed by atoms with Gasteiger partial charge in [-0.1, -0.05) is 12.1 Å². The lowest BCUT2D eigenvalue weighted by molar-refractivity contribution is 0.318. The molecular formula is C13H21FN2. The van der Waals surface area contributed by atoms with Gasteiger partial charge in [-0.05, 0) is 57.7 Å². The van der Waals surface area contributed by atoms with E-state index in [2.05, 4.69) is 17.3 Å². The van der Waals surface area contributed by atoms with Crippen molar-refractivity contribution in [1.82, 2.24) is 10.2 Å². The molecule has 0 aromatic heterocycles. The summed E-state index contributed by atoms with van der Waals surface area (Å²) in [4.78, 5) is 2.27. The topological polar surface area (TPSA) is 15.3 Å². The predicted molar refractivity (Wildman–Crippen MR) is 65.9 cm³/mol. The zero-order valence-corrected chi connectivity index (χ0v) is 10.2. The fourth-order valence-corrected chi connectivity index (χ4v) is 1.66. The van der Waals surface area contributed by atoms with Gasteiger partial charge in [-0.3, -0.25) is 0 Å². The van der Waals surface area contributed by atoms with E-state index < -0.39 is 0 Å². The minimum atomic E-state index is -0.166. The molecule has 0 saturated carbocycles. The van der Waals surface area contributed by atoms with Crippen molar-refractivity contribution < 1.29 is 4.39 Å². The highest BCUT2D eigenvalue weighted by molar-refractivity contribution is 5.15. The van der Waals surface area contributed by atoms with Crippen LogP contribution in [-0.4, -0.2) is 32.1 Å². The van der Waals surface area contributed by atoms with E-state index in [0.29, 0.717) is 0 Å². The van der Waals surface area contributed by atoms with E-state index in [-0.39, 0.29) is 5.82 Å². The molecule has 0 bridgehead atoms. The van der Waals surface area contributed by atoms with Crippen LogP contribution in [-0.2, 0) is 6.54 Å². The molecular weight excluding hydrogens is 203 g/mol. The Labute approximate surface area is 97.5 Å². The quantitative estimate of drug-likeness (QED) is 0.715. The molecule has 0 amide bonds. The second-order valence-electron chi connectivity index (χ2n) is 4.17. The van der Waals surface area contributed by atoms with Gasteiger partial charge in [0, 0.05) is 6.54 Å². The summed E-state index contributed by atoms with van der Waals surface area (Å²) >= 11 is 0. The molecule has 0 heterocycles. The van der Waals surface area contributed by atoms with Crippen LogP contribution in [0.2, 0.25) is 0 Å². The minimum Gasteiger partial charge on any atom is -0.320 e. The molecule has 0 radical (unpaired) electrons. The Bertz CT molecular complexity index is 284. The summed E-state index contributed by atoms with van der Waals surface area (Å²) in [5.41, 5.74) is 1.16. The van der Waals surface area contributed by atoms with E-state index in [4.69, 9.17) is 0 Å². The van der Waals surface area contributed by atoms with Gasteiger partial charge in [-0.25, -0.2) is 4.39 Å². The van der Waals surface area contributed by atoms with Crippen molar-refractivity contribution in [3.8, 4) is 0 Å². The average molecular weight is 224 g/mol. The minimum absolute atomic E-state index is 0.166. The Morgan fingerprint density at radius 3 is 2.50 bits per heavy atom. The summed E-state index contributed by atoms with van der Waals surface area (Å²) < 4.78 is 12.7. The van der Waals surface area contributed by atoms with Crippen molar-refractivity contribution in [2.45, 2.75) is 19.4 Å². The molecule has 1 aromatic carbocycles. The SMILES string of the molecule is CNCCCCN(C)Cc1ccc(F)cc1. The Balaban J connectivity index is 2.23. The molecule has 90 valence electrons. The predicted octanol–water partition coefficient (Wildman–Crippen LogP) is 2.26. The molecule has 0 spiro atoms. The number of hydrogen-bond acceptors (Lipinski definition) is 2. The third kappa shape index (κ3) is 5.24. The molecule has 16 heavy (non-hydrogen) atoms. The van der Waals surface area contributed by atoms with Crippen LogP contribution in [0.1, 0.15) is 18.4 Å². The molecule has 2 nitrogen and oxygen atoms in total. The van der Waals surface area contributed by atoms with E-state index in [9.17, 15) is 4.39 Å². The first kappa shape index (κ1) is 13.1. The number of rotatable bonds is 7. The lowest BCUT2D eigenvalue weighted by Crippen LogP contribution is -2.20. The monoisotopic (exact) mass is 224 g/mol. The van der Waals surface area contributed by atoms with Crippen LogP contribution < -0.4 is 5.32 Å². The first-order valence-corrected chi connectivity index (χ1v) is 5.80. The normalized spacial score (nSPS) is 11.0. The summed E-state index contributed by atoms with van der Waals surface area (Å²) in [5.74, 6) is -0.166. The molecule has 0 aliphatic rings. The highest BCUT2D eigenvalue weighted by atomic mass is 19.1. The first-order valence-electron chi connectivity index (χ1n) is 5.80. The smallest absolute Gasteiger partial charge is 0.123 e. The molecule has 3 heteroatoms. The zero-order chi connectivity index (χ0) is 11.8. The summed E-state index contributed by atoms with van der Waals surface area (Å²) in [6, 6.07) is 6.73. The van der Waals surface area contributed by atoms with E-state index >= 15 is 0 Å². The number of nitrogens with zero attached hydrogens (tertiary/aromatic N) is 1. The zero-order valence-electron chi connectivity index (χ0n) is 10.2. The molecule has 0 aliphatic heterocycles. The van der Waals surface area contributed by atoms with Gasteiger partial charge in [0.2, 0.25) is 0 Å². The number of benzene rings is 1. The molecule has 1 rings (SSSR count). The fourth-order valence-electron chi connectivity index (χ4n) is 1.66. The van der Waals surface area contributed by atoms with E-state index in [1.165, 1.54) is 25.0 Å². The highest BCUT2D eigenvalue weighted by Crippen LogP contribution is 2.06. The largest absolute Gasteiger partial charge is 0.320 e. The van der Waals surface area contributed by atoms with E-state index in [1.54, 1.807) is 0 Å². The van der Waals surface area contributed by atoms with Gasteiger partial charge < -0.3 is 10.2 Å². The Hall–Kier alpha value is -0.930. The maximum atomic E-state index is 12.7. The highest BCUT2D eigenvalue weighted by Gasteiger charge is 2.00. The molecule has 0 aliphatic carbocycles. The van der Waals surface area contributed by atoms with Crippen LogP contribution in [0.4, 0.5) is 4.39 Å². The summed E-state index contributed by atoms with van der Waals surface area (Å²) in [6.07, 6.45) is 2.39. The van der Waals surface area contributed by atoms with Crippen LogP contribution in [0.3, 0.4) is 0 Å². The standard InChI is InChI=1S/C13H21FN2/c1-15-9-3-4-10-16(2)11-12-5-7-13(14)8-6-12/h5-8,15H,3-4,9-11H2,1-2H3. The summed E-state index contributed by atoms with van der Waals surface area (Å²) in [6.45, 7) is 3.04. The molecule has 0 fully saturated rings. The van der Waals surface area contributed by atoms with Crippen molar-refractivity contribution in [2.75, 3.05) is 27.2 Å². The maximum Gasteiger partial charge on any atom is 0.123 e. The molecule has 1 aromatic rings. The van der Waals surface area contributed by atoms with Gasteiger partial charge in [-0.15, -0.1) is 0 Å². The van der Waals surface area contributed by atoms with Gasteiger partial charge in [0.05, 0.1) is 0 Å². The van der Waals surface area contributed by atoms with E-state index in [0.717, 1.165) is 25.2 Å². The van der Waals surface area contributed by atoms with Crippen molar-refractivity contribution in [3.05, 3.63) is 35.6 Å². The maximum absolute atomic E-state index is 12.7. The molecule has 1 N–H and O–H groups in total. The lowest BCUT2D eigenvalue weighted by atomic mass is 10.2. The van der Waals surface area contributed by atoms with Crippen LogP contribution in [0, 0.1) is 5.82 Å². The van der Waals surface area contributed by atoms with Crippen molar-refractivity contribution >= 4 is 0 Å². The van der Waals surface area contributed by atoms with Crippen molar-refractivity contribution in [1.29, 1.82) is 0 Å². The molecule has 0 atom stereocenters. The first-order chi connectivity index (χ1) is 7.72. The number of unbranched alkanes of at least 4 members (excludes halogenated alkanes) is 1. The van der Waals surface area contributed by atoms with Crippen LogP contribution >= 0.6 is 0 Å². The lowest BCUT2D eigenvalue weighted by Gasteiger charge is -2.16.